The molecule has 1 N–H and O–H groups in total. The van der Waals surface area contributed by atoms with Crippen LogP contribution >= 0.6 is 0 Å². The molecule has 5 nitrogen and oxygen atoms in total. The number of carbonyl (C=O) groups is 1. The normalized spacial score (nSPS) is 14.7. The van der Waals surface area contributed by atoms with E-state index in [-0.39, 0.29) is 5.91 Å². The zero-order valence-corrected chi connectivity index (χ0v) is 16.0. The molecule has 0 spiro atoms. The zero-order chi connectivity index (χ0) is 18.8. The number of fused-ring (bicyclic) bond motifs is 1. The number of benzene rings is 2. The summed E-state index contributed by atoms with van der Waals surface area (Å²) < 4.78 is 2.28. The second kappa shape index (κ2) is 7.53. The lowest BCUT2D eigenvalue weighted by Crippen LogP contribution is -2.21. The van der Waals surface area contributed by atoms with Gasteiger partial charge in [-0.3, -0.25) is 9.69 Å². The Morgan fingerprint density at radius 3 is 2.70 bits per heavy atom. The minimum Gasteiger partial charge on any atom is -0.327 e. The average Bonchev–Trinajstić information content (AvgIpc) is 3.28. The number of likely N-dealkylation sites (tertiary alicyclic amines) is 1. The SMILES string of the molecule is CCn1c(CN2CCCC2)nc2cc(NC(=O)c3cccc(C)c3)ccc21. The van der Waals surface area contributed by atoms with Gasteiger partial charge in [0.25, 0.3) is 5.91 Å². The summed E-state index contributed by atoms with van der Waals surface area (Å²) in [5, 5.41) is 3.00. The van der Waals surface area contributed by atoms with Crippen LogP contribution in [0, 0.1) is 6.92 Å². The van der Waals surface area contributed by atoms with Gasteiger partial charge in [0.2, 0.25) is 0 Å². The third-order valence-electron chi connectivity index (χ3n) is 5.25. The molecule has 0 aliphatic carbocycles. The van der Waals surface area contributed by atoms with Crippen molar-refractivity contribution in [2.45, 2.75) is 39.8 Å². The van der Waals surface area contributed by atoms with Gasteiger partial charge in [0.15, 0.2) is 0 Å². The Balaban J connectivity index is 1.59. The fraction of sp³-hybridized carbons (Fsp3) is 0.364. The molecule has 1 aliphatic heterocycles. The molecule has 0 radical (unpaired) electrons. The Labute approximate surface area is 160 Å². The predicted molar refractivity (Wildman–Crippen MR) is 109 cm³/mol. The number of nitrogens with one attached hydrogen (secondary N) is 1. The second-order valence-corrected chi connectivity index (χ2v) is 7.28. The summed E-state index contributed by atoms with van der Waals surface area (Å²) in [7, 11) is 0. The zero-order valence-electron chi connectivity index (χ0n) is 16.0. The highest BCUT2D eigenvalue weighted by molar-refractivity contribution is 6.05. The number of hydrogen-bond donors (Lipinski definition) is 1. The highest BCUT2D eigenvalue weighted by atomic mass is 16.1. The summed E-state index contributed by atoms with van der Waals surface area (Å²) in [6.45, 7) is 8.25. The van der Waals surface area contributed by atoms with E-state index in [1.54, 1.807) is 0 Å². The van der Waals surface area contributed by atoms with Crippen molar-refractivity contribution in [2.24, 2.45) is 0 Å². The van der Waals surface area contributed by atoms with Crippen molar-refractivity contribution in [3.8, 4) is 0 Å². The van der Waals surface area contributed by atoms with Crippen molar-refractivity contribution >= 4 is 22.6 Å². The lowest BCUT2D eigenvalue weighted by atomic mass is 10.1. The van der Waals surface area contributed by atoms with Gasteiger partial charge < -0.3 is 9.88 Å². The quantitative estimate of drug-likeness (QED) is 0.739. The number of amides is 1. The van der Waals surface area contributed by atoms with Crippen molar-refractivity contribution in [1.29, 1.82) is 0 Å². The van der Waals surface area contributed by atoms with Crippen molar-refractivity contribution in [3.05, 3.63) is 59.4 Å². The third kappa shape index (κ3) is 3.74. The highest BCUT2D eigenvalue weighted by Crippen LogP contribution is 2.23. The van der Waals surface area contributed by atoms with Gasteiger partial charge in [-0.2, -0.15) is 0 Å². The number of rotatable bonds is 5. The van der Waals surface area contributed by atoms with Crippen LogP contribution < -0.4 is 5.32 Å². The van der Waals surface area contributed by atoms with E-state index >= 15 is 0 Å². The first kappa shape index (κ1) is 17.7. The van der Waals surface area contributed by atoms with E-state index in [1.165, 1.54) is 12.8 Å². The van der Waals surface area contributed by atoms with Crippen molar-refractivity contribution in [1.82, 2.24) is 14.5 Å². The summed E-state index contributed by atoms with van der Waals surface area (Å²) in [5.74, 6) is 1.02. The highest BCUT2D eigenvalue weighted by Gasteiger charge is 2.17. The molecule has 0 saturated carbocycles. The molecule has 0 bridgehead atoms. The van der Waals surface area contributed by atoms with Crippen LogP contribution in [0.3, 0.4) is 0 Å². The Morgan fingerprint density at radius 2 is 1.96 bits per heavy atom. The third-order valence-corrected chi connectivity index (χ3v) is 5.25. The molecule has 1 aliphatic rings. The molecule has 0 atom stereocenters. The van der Waals surface area contributed by atoms with E-state index < -0.39 is 0 Å². The van der Waals surface area contributed by atoms with Gasteiger partial charge in [0.1, 0.15) is 5.82 Å². The molecule has 140 valence electrons. The largest absolute Gasteiger partial charge is 0.327 e. The Bertz CT molecular complexity index is 970. The summed E-state index contributed by atoms with van der Waals surface area (Å²) >= 11 is 0. The monoisotopic (exact) mass is 362 g/mol. The fourth-order valence-electron chi connectivity index (χ4n) is 3.86. The first-order valence-corrected chi connectivity index (χ1v) is 9.73. The first-order valence-electron chi connectivity index (χ1n) is 9.73. The van der Waals surface area contributed by atoms with Gasteiger partial charge in [0, 0.05) is 17.8 Å². The van der Waals surface area contributed by atoms with Gasteiger partial charge in [0.05, 0.1) is 17.6 Å². The predicted octanol–water partition coefficient (Wildman–Crippen LogP) is 4.21. The maximum atomic E-state index is 12.5. The molecule has 2 heterocycles. The molecule has 2 aromatic carbocycles. The minimum atomic E-state index is -0.0923. The molecular formula is C22H26N4O. The Morgan fingerprint density at radius 1 is 1.15 bits per heavy atom. The molecule has 27 heavy (non-hydrogen) atoms. The number of aryl methyl sites for hydroxylation is 2. The summed E-state index contributed by atoms with van der Waals surface area (Å²) in [5.41, 5.74) is 4.59. The molecule has 5 heteroatoms. The Kier molecular flexibility index (Phi) is 4.94. The molecule has 3 aromatic rings. The first-order chi connectivity index (χ1) is 13.1. The van der Waals surface area contributed by atoms with E-state index in [2.05, 4.69) is 27.8 Å². The van der Waals surface area contributed by atoms with Crippen molar-refractivity contribution in [3.63, 3.8) is 0 Å². The fourth-order valence-corrected chi connectivity index (χ4v) is 3.86. The van der Waals surface area contributed by atoms with Gasteiger partial charge in [-0.25, -0.2) is 4.98 Å². The number of hydrogen-bond acceptors (Lipinski definition) is 3. The minimum absolute atomic E-state index is 0.0923. The molecule has 4 rings (SSSR count). The van der Waals surface area contributed by atoms with Crippen LogP contribution in [0.1, 0.15) is 41.5 Å². The summed E-state index contributed by atoms with van der Waals surface area (Å²) in [6, 6.07) is 13.6. The van der Waals surface area contributed by atoms with Crippen LogP contribution in [0.25, 0.3) is 11.0 Å². The van der Waals surface area contributed by atoms with E-state index in [0.29, 0.717) is 5.56 Å². The number of aromatic nitrogens is 2. The van der Waals surface area contributed by atoms with Crippen LogP contribution in [-0.2, 0) is 13.1 Å². The number of nitrogens with zero attached hydrogens (tertiary/aromatic N) is 3. The van der Waals surface area contributed by atoms with E-state index in [9.17, 15) is 4.79 Å². The topological polar surface area (TPSA) is 50.2 Å². The maximum Gasteiger partial charge on any atom is 0.255 e. The molecule has 1 amide bonds. The van der Waals surface area contributed by atoms with Crippen LogP contribution in [0.4, 0.5) is 5.69 Å². The Hall–Kier alpha value is -2.66. The van der Waals surface area contributed by atoms with E-state index in [1.807, 2.05) is 43.3 Å². The molecule has 1 fully saturated rings. The van der Waals surface area contributed by atoms with Crippen molar-refractivity contribution < 1.29 is 4.79 Å². The maximum absolute atomic E-state index is 12.5. The molecule has 0 unspecified atom stereocenters. The van der Waals surface area contributed by atoms with Crippen LogP contribution in [0.2, 0.25) is 0 Å². The number of anilines is 1. The molecule has 1 aromatic heterocycles. The average molecular weight is 362 g/mol. The van der Waals surface area contributed by atoms with Gasteiger partial charge in [-0.1, -0.05) is 17.7 Å². The van der Waals surface area contributed by atoms with E-state index in [0.717, 1.165) is 54.3 Å². The molecular weight excluding hydrogens is 336 g/mol. The second-order valence-electron chi connectivity index (χ2n) is 7.28. The van der Waals surface area contributed by atoms with Crippen LogP contribution in [0.5, 0.6) is 0 Å². The summed E-state index contributed by atoms with van der Waals surface area (Å²) in [4.78, 5) is 19.9. The van der Waals surface area contributed by atoms with Gasteiger partial charge in [-0.15, -0.1) is 0 Å². The standard InChI is InChI=1S/C22H26N4O/c1-3-26-20-10-9-18(23-22(27)17-8-6-7-16(2)13-17)14-19(20)24-21(26)15-25-11-4-5-12-25/h6-10,13-14H,3-5,11-12,15H2,1-2H3,(H,23,27). The van der Waals surface area contributed by atoms with Crippen molar-refractivity contribution in [2.75, 3.05) is 18.4 Å². The smallest absolute Gasteiger partial charge is 0.255 e. The lowest BCUT2D eigenvalue weighted by molar-refractivity contribution is 0.102. The van der Waals surface area contributed by atoms with Crippen LogP contribution in [0.15, 0.2) is 42.5 Å². The van der Waals surface area contributed by atoms with E-state index in [4.69, 9.17) is 4.98 Å². The van der Waals surface area contributed by atoms with Gasteiger partial charge in [-0.05, 0) is 70.1 Å². The lowest BCUT2D eigenvalue weighted by Gasteiger charge is -2.14. The summed E-state index contributed by atoms with van der Waals surface area (Å²) in [6.07, 6.45) is 2.56. The van der Waals surface area contributed by atoms with Gasteiger partial charge >= 0.3 is 0 Å². The molecule has 1 saturated heterocycles. The number of carbonyl (C=O) groups excluding carboxylic acids is 1. The van der Waals surface area contributed by atoms with Crippen LogP contribution in [-0.4, -0.2) is 33.4 Å². The number of imidazole rings is 1.